The predicted octanol–water partition coefficient (Wildman–Crippen LogP) is 4.35. The smallest absolute Gasteiger partial charge is 0.496 e. The molecule has 1 aliphatic heterocycles. The summed E-state index contributed by atoms with van der Waals surface area (Å²) in [5.41, 5.74) is 1.94. The van der Waals surface area contributed by atoms with Crippen molar-refractivity contribution < 1.29 is 22.6 Å². The van der Waals surface area contributed by atoms with Crippen LogP contribution in [0.5, 0.6) is 11.5 Å². The molecular weight excluding hydrogens is 425 g/mol. The van der Waals surface area contributed by atoms with Gasteiger partial charge in [0, 0.05) is 26.2 Å². The number of benzene rings is 2. The van der Waals surface area contributed by atoms with Gasteiger partial charge in [-0.15, -0.1) is 13.2 Å². The van der Waals surface area contributed by atoms with E-state index in [9.17, 15) is 13.2 Å². The van der Waals surface area contributed by atoms with Crippen LogP contribution in [0.15, 0.2) is 46.9 Å². The fourth-order valence-corrected chi connectivity index (χ4v) is 3.82. The Bertz CT molecular complexity index is 763. The molecule has 1 saturated heterocycles. The lowest BCUT2D eigenvalue weighted by atomic mass is 9.96. The van der Waals surface area contributed by atoms with Crippen LogP contribution in [-0.2, 0) is 0 Å². The van der Waals surface area contributed by atoms with Gasteiger partial charge in [0.1, 0.15) is 11.5 Å². The van der Waals surface area contributed by atoms with Crippen LogP contribution in [-0.4, -0.2) is 44.6 Å². The lowest BCUT2D eigenvalue weighted by Crippen LogP contribution is -2.45. The molecule has 4 nitrogen and oxygen atoms in total. The van der Waals surface area contributed by atoms with E-state index in [0.29, 0.717) is 0 Å². The Balaban J connectivity index is 1.93. The predicted molar refractivity (Wildman–Crippen MR) is 100 cm³/mol. The van der Waals surface area contributed by atoms with Crippen molar-refractivity contribution in [2.45, 2.75) is 12.4 Å². The van der Waals surface area contributed by atoms with E-state index in [1.807, 2.05) is 18.2 Å². The molecule has 0 unspecified atom stereocenters. The third kappa shape index (κ3) is 5.15. The van der Waals surface area contributed by atoms with Gasteiger partial charge in [-0.25, -0.2) is 0 Å². The van der Waals surface area contributed by atoms with E-state index < -0.39 is 6.36 Å². The summed E-state index contributed by atoms with van der Waals surface area (Å²) in [6, 6.07) is 11.9. The fourth-order valence-electron chi connectivity index (χ4n) is 3.26. The number of nitrogens with zero attached hydrogens (tertiary/aromatic N) is 1. The first-order chi connectivity index (χ1) is 12.9. The molecule has 1 fully saturated rings. The second kappa shape index (κ2) is 8.50. The highest BCUT2D eigenvalue weighted by Crippen LogP contribution is 2.35. The summed E-state index contributed by atoms with van der Waals surface area (Å²) < 4.78 is 47.4. The number of halogens is 4. The molecule has 8 heteroatoms. The molecule has 0 bridgehead atoms. The summed E-state index contributed by atoms with van der Waals surface area (Å²) >= 11 is 3.52. The van der Waals surface area contributed by atoms with Crippen LogP contribution < -0.4 is 14.8 Å². The first-order valence-electron chi connectivity index (χ1n) is 8.51. The van der Waals surface area contributed by atoms with Gasteiger partial charge in [-0.1, -0.05) is 18.2 Å². The van der Waals surface area contributed by atoms with Crippen molar-refractivity contribution in [3.05, 3.63) is 58.1 Å². The van der Waals surface area contributed by atoms with Crippen LogP contribution in [0.2, 0.25) is 0 Å². The molecule has 0 aromatic heterocycles. The van der Waals surface area contributed by atoms with E-state index >= 15 is 0 Å². The molecule has 0 aliphatic carbocycles. The van der Waals surface area contributed by atoms with Gasteiger partial charge in [-0.3, -0.25) is 4.90 Å². The molecule has 146 valence electrons. The van der Waals surface area contributed by atoms with Gasteiger partial charge in [0.15, 0.2) is 0 Å². The maximum absolute atomic E-state index is 12.4. The number of hydrogen-bond donors (Lipinski definition) is 1. The summed E-state index contributed by atoms with van der Waals surface area (Å²) in [7, 11) is 1.60. The molecule has 1 N–H and O–H groups in total. The quantitative estimate of drug-likeness (QED) is 0.742. The second-order valence-corrected chi connectivity index (χ2v) is 7.05. The zero-order valence-corrected chi connectivity index (χ0v) is 16.3. The number of ether oxygens (including phenoxy) is 2. The Morgan fingerprint density at radius 1 is 1.04 bits per heavy atom. The molecule has 0 radical (unpaired) electrons. The van der Waals surface area contributed by atoms with Crippen molar-refractivity contribution in [1.29, 1.82) is 0 Å². The Kier molecular flexibility index (Phi) is 6.29. The second-order valence-electron chi connectivity index (χ2n) is 6.20. The minimum atomic E-state index is -4.69. The summed E-state index contributed by atoms with van der Waals surface area (Å²) in [5.74, 6) is 0.507. The van der Waals surface area contributed by atoms with E-state index in [0.717, 1.165) is 47.5 Å². The SMILES string of the molecule is COc1ccc([C@@H](c2ccc(OC(F)(F)F)cc2)N2CCNCC2)cc1Br. The van der Waals surface area contributed by atoms with Gasteiger partial charge in [-0.2, -0.15) is 0 Å². The largest absolute Gasteiger partial charge is 0.573 e. The molecule has 2 aromatic carbocycles. The van der Waals surface area contributed by atoms with Crippen LogP contribution >= 0.6 is 15.9 Å². The summed E-state index contributed by atoms with van der Waals surface area (Å²) in [6.07, 6.45) is -4.69. The minimum Gasteiger partial charge on any atom is -0.496 e. The van der Waals surface area contributed by atoms with Gasteiger partial charge < -0.3 is 14.8 Å². The van der Waals surface area contributed by atoms with Gasteiger partial charge >= 0.3 is 6.36 Å². The van der Waals surface area contributed by atoms with E-state index in [2.05, 4.69) is 30.9 Å². The first-order valence-corrected chi connectivity index (χ1v) is 9.30. The molecule has 3 rings (SSSR count). The molecule has 0 saturated carbocycles. The van der Waals surface area contributed by atoms with E-state index in [4.69, 9.17) is 4.74 Å². The summed E-state index contributed by atoms with van der Waals surface area (Å²) in [6.45, 7) is 3.41. The highest BCUT2D eigenvalue weighted by molar-refractivity contribution is 9.10. The number of hydrogen-bond acceptors (Lipinski definition) is 4. The Morgan fingerprint density at radius 3 is 2.22 bits per heavy atom. The Hall–Kier alpha value is -1.77. The molecule has 0 amide bonds. The normalized spacial score (nSPS) is 16.8. The van der Waals surface area contributed by atoms with Crippen molar-refractivity contribution in [2.24, 2.45) is 0 Å². The number of methoxy groups -OCH3 is 1. The number of piperazine rings is 1. The maximum atomic E-state index is 12.4. The number of rotatable bonds is 5. The molecule has 1 atom stereocenters. The topological polar surface area (TPSA) is 33.7 Å². The summed E-state index contributed by atoms with van der Waals surface area (Å²) in [4.78, 5) is 2.31. The fraction of sp³-hybridized carbons (Fsp3) is 0.368. The molecule has 2 aromatic rings. The average Bonchev–Trinajstić information content (AvgIpc) is 2.63. The van der Waals surface area contributed by atoms with Crippen molar-refractivity contribution in [1.82, 2.24) is 10.2 Å². The lowest BCUT2D eigenvalue weighted by Gasteiger charge is -2.35. The zero-order chi connectivity index (χ0) is 19.4. The van der Waals surface area contributed by atoms with Gasteiger partial charge in [0.25, 0.3) is 0 Å². The van der Waals surface area contributed by atoms with Crippen molar-refractivity contribution in [2.75, 3.05) is 33.3 Å². The minimum absolute atomic E-state index is 0.0748. The summed E-state index contributed by atoms with van der Waals surface area (Å²) in [5, 5.41) is 3.32. The van der Waals surface area contributed by atoms with Crippen LogP contribution in [0.3, 0.4) is 0 Å². The molecular formula is C19H20BrF3N2O2. The monoisotopic (exact) mass is 444 g/mol. The molecule has 27 heavy (non-hydrogen) atoms. The van der Waals surface area contributed by atoms with Gasteiger partial charge in [0.05, 0.1) is 17.6 Å². The third-order valence-corrected chi connectivity index (χ3v) is 5.06. The maximum Gasteiger partial charge on any atom is 0.573 e. The van der Waals surface area contributed by atoms with E-state index in [-0.39, 0.29) is 11.8 Å². The van der Waals surface area contributed by atoms with E-state index in [1.54, 1.807) is 19.2 Å². The van der Waals surface area contributed by atoms with Crippen LogP contribution in [0, 0.1) is 0 Å². The lowest BCUT2D eigenvalue weighted by molar-refractivity contribution is -0.274. The Labute approximate surface area is 164 Å². The van der Waals surface area contributed by atoms with Crippen LogP contribution in [0.25, 0.3) is 0 Å². The molecule has 1 aliphatic rings. The van der Waals surface area contributed by atoms with Gasteiger partial charge in [0.2, 0.25) is 0 Å². The van der Waals surface area contributed by atoms with Crippen molar-refractivity contribution >= 4 is 15.9 Å². The van der Waals surface area contributed by atoms with Gasteiger partial charge in [-0.05, 0) is 51.3 Å². The molecule has 1 heterocycles. The average molecular weight is 445 g/mol. The Morgan fingerprint density at radius 2 is 1.67 bits per heavy atom. The van der Waals surface area contributed by atoms with E-state index in [1.165, 1.54) is 12.1 Å². The zero-order valence-electron chi connectivity index (χ0n) is 14.7. The standard InChI is InChI=1S/C19H20BrF3N2O2/c1-26-17-7-4-14(12-16(17)20)18(25-10-8-24-9-11-25)13-2-5-15(6-3-13)27-19(21,22)23/h2-7,12,18,24H,8-11H2,1H3/t18-/m1/s1. The highest BCUT2D eigenvalue weighted by Gasteiger charge is 2.31. The van der Waals surface area contributed by atoms with Crippen molar-refractivity contribution in [3.63, 3.8) is 0 Å². The van der Waals surface area contributed by atoms with Crippen molar-refractivity contribution in [3.8, 4) is 11.5 Å². The first kappa shape index (κ1) is 20.0. The molecule has 0 spiro atoms. The number of nitrogens with one attached hydrogen (secondary N) is 1. The van der Waals surface area contributed by atoms with Crippen LogP contribution in [0.4, 0.5) is 13.2 Å². The highest BCUT2D eigenvalue weighted by atomic mass is 79.9. The number of alkyl halides is 3. The third-order valence-electron chi connectivity index (χ3n) is 4.44. The van der Waals surface area contributed by atoms with Crippen LogP contribution in [0.1, 0.15) is 17.2 Å².